The molecule has 2 amide bonds. The number of nitrogens with one attached hydrogen (secondary N) is 3. The smallest absolute Gasteiger partial charge is 0.324 e. The lowest BCUT2D eigenvalue weighted by Gasteiger charge is -2.12. The van der Waals surface area contributed by atoms with Gasteiger partial charge in [-0.25, -0.2) is 19.4 Å². The van der Waals surface area contributed by atoms with Crippen molar-refractivity contribution >= 4 is 44.9 Å². The van der Waals surface area contributed by atoms with Gasteiger partial charge in [0.05, 0.1) is 27.1 Å². The van der Waals surface area contributed by atoms with E-state index in [-0.39, 0.29) is 18.0 Å². The van der Waals surface area contributed by atoms with E-state index in [1.54, 1.807) is 52.5 Å². The molecule has 5 rings (SSSR count). The molecule has 3 aromatic heterocycles. The number of fused-ring (bicyclic) bond motifs is 1. The summed E-state index contributed by atoms with van der Waals surface area (Å²) < 4.78 is 8.78. The molecule has 38 heavy (non-hydrogen) atoms. The normalized spacial score (nSPS) is 11.2. The van der Waals surface area contributed by atoms with Gasteiger partial charge in [-0.1, -0.05) is 13.8 Å². The number of ether oxygens (including phenoxy) is 1. The molecule has 0 atom stereocenters. The lowest BCUT2D eigenvalue weighted by molar-refractivity contribution is 0.262. The summed E-state index contributed by atoms with van der Waals surface area (Å²) in [6.45, 7) is 8.24. The van der Waals surface area contributed by atoms with Crippen LogP contribution in [0, 0.1) is 0 Å². The van der Waals surface area contributed by atoms with Gasteiger partial charge in [0, 0.05) is 30.1 Å². The molecule has 0 fully saturated rings. The summed E-state index contributed by atoms with van der Waals surface area (Å²) in [6, 6.07) is 18.6. The summed E-state index contributed by atoms with van der Waals surface area (Å²) in [5, 5.41) is 13.8. The number of pyridine rings is 1. The van der Waals surface area contributed by atoms with Crippen LogP contribution >= 0.6 is 11.3 Å². The number of hydrogen-bond acceptors (Lipinski definition) is 7. The van der Waals surface area contributed by atoms with Crippen molar-refractivity contribution in [3.8, 4) is 17.2 Å². The van der Waals surface area contributed by atoms with Crippen molar-refractivity contribution in [1.82, 2.24) is 19.7 Å². The Hall–Kier alpha value is -4.44. The van der Waals surface area contributed by atoms with Crippen molar-refractivity contribution in [2.24, 2.45) is 0 Å². The fourth-order valence-electron chi connectivity index (χ4n) is 3.82. The van der Waals surface area contributed by atoms with Crippen LogP contribution in [0.1, 0.15) is 39.3 Å². The first-order valence-electron chi connectivity index (χ1n) is 12.4. The standard InChI is InChI=1S/C28H29N7O2S/c1-17(2)23-15-27(35(34-23)20-7-10-25-24(13-20)30-16-38-25)33-28(36)32-19-5-8-21(9-6-19)37-22-11-12-29-26(14-22)31-18(3)4/h5-18H,1-4H3,(H,29,31)(H2,32,33,36). The van der Waals surface area contributed by atoms with E-state index >= 15 is 0 Å². The molecular formula is C28H29N7O2S. The number of amides is 2. The van der Waals surface area contributed by atoms with Crippen molar-refractivity contribution in [2.45, 2.75) is 39.7 Å². The van der Waals surface area contributed by atoms with Crippen molar-refractivity contribution in [2.75, 3.05) is 16.0 Å². The molecule has 9 nitrogen and oxygen atoms in total. The Labute approximate surface area is 224 Å². The van der Waals surface area contributed by atoms with Crippen LogP contribution in [0.15, 0.2) is 72.4 Å². The zero-order chi connectivity index (χ0) is 26.6. The Bertz CT molecular complexity index is 1560. The lowest BCUT2D eigenvalue weighted by atomic mass is 10.1. The number of rotatable bonds is 8. The van der Waals surface area contributed by atoms with E-state index in [9.17, 15) is 4.79 Å². The zero-order valence-electron chi connectivity index (χ0n) is 21.6. The third-order valence-corrected chi connectivity index (χ3v) is 6.45. The molecule has 0 aliphatic carbocycles. The predicted molar refractivity (Wildman–Crippen MR) is 153 cm³/mol. The highest BCUT2D eigenvalue weighted by atomic mass is 32.1. The second kappa shape index (κ2) is 10.9. The summed E-state index contributed by atoms with van der Waals surface area (Å²) in [5.41, 5.74) is 5.05. The maximum Gasteiger partial charge on any atom is 0.324 e. The molecule has 0 saturated carbocycles. The molecule has 0 bridgehead atoms. The average molecular weight is 528 g/mol. The minimum atomic E-state index is -0.372. The van der Waals surface area contributed by atoms with Crippen LogP contribution in [0.2, 0.25) is 0 Å². The first-order valence-corrected chi connectivity index (χ1v) is 13.2. The SMILES string of the molecule is CC(C)Nc1cc(Oc2ccc(NC(=O)Nc3cc(C(C)C)nn3-c3ccc4scnc4c3)cc2)ccn1. The van der Waals surface area contributed by atoms with E-state index in [4.69, 9.17) is 9.84 Å². The molecule has 10 heteroatoms. The third kappa shape index (κ3) is 5.92. The first-order chi connectivity index (χ1) is 18.3. The van der Waals surface area contributed by atoms with Crippen LogP contribution in [-0.2, 0) is 0 Å². The fraction of sp³-hybridized carbons (Fsp3) is 0.214. The highest BCUT2D eigenvalue weighted by molar-refractivity contribution is 7.16. The Balaban J connectivity index is 1.27. The number of nitrogens with zero attached hydrogens (tertiary/aromatic N) is 4. The van der Waals surface area contributed by atoms with Gasteiger partial charge in [0.25, 0.3) is 0 Å². The Morgan fingerprint density at radius 2 is 1.74 bits per heavy atom. The Kier molecular flexibility index (Phi) is 7.23. The zero-order valence-corrected chi connectivity index (χ0v) is 22.4. The Morgan fingerprint density at radius 1 is 0.921 bits per heavy atom. The molecule has 0 saturated heterocycles. The van der Waals surface area contributed by atoms with E-state index in [2.05, 4.69) is 53.6 Å². The van der Waals surface area contributed by atoms with Crippen LogP contribution in [0.25, 0.3) is 15.9 Å². The lowest BCUT2D eigenvalue weighted by Crippen LogP contribution is -2.21. The van der Waals surface area contributed by atoms with Gasteiger partial charge >= 0.3 is 6.03 Å². The van der Waals surface area contributed by atoms with Crippen molar-refractivity contribution in [3.63, 3.8) is 0 Å². The summed E-state index contributed by atoms with van der Waals surface area (Å²) in [4.78, 5) is 21.6. The van der Waals surface area contributed by atoms with E-state index in [0.29, 0.717) is 23.0 Å². The number of anilines is 3. The van der Waals surface area contributed by atoms with Crippen LogP contribution < -0.4 is 20.7 Å². The topological polar surface area (TPSA) is 106 Å². The van der Waals surface area contributed by atoms with Crippen molar-refractivity contribution in [1.29, 1.82) is 0 Å². The van der Waals surface area contributed by atoms with Gasteiger partial charge in [-0.3, -0.25) is 5.32 Å². The number of urea groups is 1. The molecule has 0 aliphatic heterocycles. The monoisotopic (exact) mass is 527 g/mol. The molecule has 0 aliphatic rings. The molecule has 0 radical (unpaired) electrons. The largest absolute Gasteiger partial charge is 0.457 e. The number of benzene rings is 2. The quantitative estimate of drug-likeness (QED) is 0.196. The number of thiazole rings is 1. The number of carbonyl (C=O) groups is 1. The highest BCUT2D eigenvalue weighted by Crippen LogP contribution is 2.27. The van der Waals surface area contributed by atoms with Crippen LogP contribution in [-0.4, -0.2) is 31.8 Å². The molecule has 194 valence electrons. The molecule has 3 heterocycles. The van der Waals surface area contributed by atoms with Crippen LogP contribution in [0.3, 0.4) is 0 Å². The van der Waals surface area contributed by atoms with Gasteiger partial charge in [-0.05, 0) is 68.3 Å². The first kappa shape index (κ1) is 25.2. The minimum Gasteiger partial charge on any atom is -0.457 e. The van der Waals surface area contributed by atoms with Crippen LogP contribution in [0.4, 0.5) is 22.1 Å². The molecular weight excluding hydrogens is 498 g/mol. The van der Waals surface area contributed by atoms with Gasteiger partial charge in [-0.2, -0.15) is 5.10 Å². The third-order valence-electron chi connectivity index (χ3n) is 5.64. The average Bonchev–Trinajstić information content (AvgIpc) is 3.52. The molecule has 2 aromatic carbocycles. The maximum absolute atomic E-state index is 12.9. The van der Waals surface area contributed by atoms with Crippen molar-refractivity contribution < 1.29 is 9.53 Å². The summed E-state index contributed by atoms with van der Waals surface area (Å²) >= 11 is 1.59. The molecule has 0 spiro atoms. The predicted octanol–water partition coefficient (Wildman–Crippen LogP) is 7.26. The van der Waals surface area contributed by atoms with Gasteiger partial charge in [0.2, 0.25) is 0 Å². The van der Waals surface area contributed by atoms with Crippen molar-refractivity contribution in [3.05, 3.63) is 78.1 Å². The number of carbonyl (C=O) groups excluding carboxylic acids is 1. The summed E-state index contributed by atoms with van der Waals surface area (Å²) in [6.07, 6.45) is 1.70. The number of aromatic nitrogens is 4. The van der Waals surface area contributed by atoms with Gasteiger partial charge in [-0.15, -0.1) is 11.3 Å². The maximum atomic E-state index is 12.9. The Morgan fingerprint density at radius 3 is 2.50 bits per heavy atom. The van der Waals surface area contributed by atoms with E-state index in [1.807, 2.05) is 35.8 Å². The molecule has 3 N–H and O–H groups in total. The van der Waals surface area contributed by atoms with Gasteiger partial charge < -0.3 is 15.4 Å². The van der Waals surface area contributed by atoms with Gasteiger partial charge in [0.1, 0.15) is 23.1 Å². The summed E-state index contributed by atoms with van der Waals surface area (Å²) in [5.74, 6) is 2.84. The molecule has 0 unspecified atom stereocenters. The van der Waals surface area contributed by atoms with E-state index in [1.165, 1.54) is 0 Å². The molecule has 5 aromatic rings. The highest BCUT2D eigenvalue weighted by Gasteiger charge is 2.15. The van der Waals surface area contributed by atoms with E-state index < -0.39 is 0 Å². The van der Waals surface area contributed by atoms with Crippen LogP contribution in [0.5, 0.6) is 11.5 Å². The second-order valence-corrected chi connectivity index (χ2v) is 10.3. The summed E-state index contributed by atoms with van der Waals surface area (Å²) in [7, 11) is 0. The minimum absolute atomic E-state index is 0.202. The number of hydrogen-bond donors (Lipinski definition) is 3. The van der Waals surface area contributed by atoms with Gasteiger partial charge in [0.15, 0.2) is 0 Å². The fourth-order valence-corrected chi connectivity index (χ4v) is 4.47. The van der Waals surface area contributed by atoms with E-state index in [0.717, 1.165) is 27.4 Å². The second-order valence-electron chi connectivity index (χ2n) is 9.41.